The van der Waals surface area contributed by atoms with E-state index < -0.39 is 0 Å². The Hall–Kier alpha value is -3.07. The predicted molar refractivity (Wildman–Crippen MR) is 100 cm³/mol. The Labute approximate surface area is 147 Å². The number of aliphatic imine (C=N–C) groups is 1. The number of fused-ring (bicyclic) bond motifs is 1. The Bertz CT molecular complexity index is 893. The quantitative estimate of drug-likeness (QED) is 0.666. The fourth-order valence-electron chi connectivity index (χ4n) is 2.93. The molecular weight excluding hydrogens is 310 g/mol. The number of allylic oxidation sites excluding steroid dienone is 1. The van der Waals surface area contributed by atoms with Crippen LogP contribution in [0.1, 0.15) is 22.5 Å². The Morgan fingerprint density at radius 2 is 1.92 bits per heavy atom. The van der Waals surface area contributed by atoms with Crippen molar-refractivity contribution in [1.29, 1.82) is 0 Å². The number of nitrogens with zero attached hydrogens (tertiary/aromatic N) is 1. The van der Waals surface area contributed by atoms with Crippen molar-refractivity contribution in [2.75, 3.05) is 6.54 Å². The van der Waals surface area contributed by atoms with Gasteiger partial charge in [0, 0.05) is 12.1 Å². The maximum absolute atomic E-state index is 5.94. The van der Waals surface area contributed by atoms with E-state index in [-0.39, 0.29) is 0 Å². The summed E-state index contributed by atoms with van der Waals surface area (Å²) < 4.78 is 11.3. The summed E-state index contributed by atoms with van der Waals surface area (Å²) in [6.45, 7) is 1.38. The maximum atomic E-state index is 5.94. The summed E-state index contributed by atoms with van der Waals surface area (Å²) in [5, 5.41) is 0. The van der Waals surface area contributed by atoms with Gasteiger partial charge in [0.05, 0.1) is 12.0 Å². The van der Waals surface area contributed by atoms with Gasteiger partial charge in [0.15, 0.2) is 0 Å². The van der Waals surface area contributed by atoms with Gasteiger partial charge in [0.1, 0.15) is 18.1 Å². The lowest BCUT2D eigenvalue weighted by Gasteiger charge is -2.16. The van der Waals surface area contributed by atoms with Crippen molar-refractivity contribution in [1.82, 2.24) is 0 Å². The second-order valence-corrected chi connectivity index (χ2v) is 5.96. The lowest BCUT2D eigenvalue weighted by Crippen LogP contribution is -2.11. The zero-order valence-electron chi connectivity index (χ0n) is 13.9. The minimum absolute atomic E-state index is 0.582. The summed E-state index contributed by atoms with van der Waals surface area (Å²) in [6, 6.07) is 20.3. The minimum atomic E-state index is 0.582. The lowest BCUT2D eigenvalue weighted by atomic mass is 9.97. The molecule has 1 aliphatic heterocycles. The molecule has 0 amide bonds. The van der Waals surface area contributed by atoms with Gasteiger partial charge in [0.25, 0.3) is 0 Å². The molecule has 0 saturated heterocycles. The second kappa shape index (κ2) is 7.22. The molecule has 0 aliphatic carbocycles. The van der Waals surface area contributed by atoms with Crippen LogP contribution >= 0.6 is 0 Å². The van der Waals surface area contributed by atoms with E-state index in [1.165, 1.54) is 16.7 Å². The zero-order valence-corrected chi connectivity index (χ0v) is 13.9. The first-order valence-corrected chi connectivity index (χ1v) is 8.44. The smallest absolute Gasteiger partial charge is 0.126 e. The van der Waals surface area contributed by atoms with Crippen LogP contribution in [0, 0.1) is 0 Å². The molecule has 0 N–H and O–H groups in total. The molecule has 2 aromatic carbocycles. The van der Waals surface area contributed by atoms with E-state index in [4.69, 9.17) is 9.15 Å². The van der Waals surface area contributed by atoms with E-state index in [1.807, 2.05) is 48.6 Å². The van der Waals surface area contributed by atoms with Crippen LogP contribution in [-0.4, -0.2) is 12.3 Å². The van der Waals surface area contributed by atoms with Crippen molar-refractivity contribution in [2.45, 2.75) is 13.0 Å². The van der Waals surface area contributed by atoms with E-state index in [0.717, 1.165) is 30.2 Å². The van der Waals surface area contributed by atoms with Crippen LogP contribution in [0.5, 0.6) is 5.75 Å². The molecule has 0 atom stereocenters. The third-order valence-electron chi connectivity index (χ3n) is 4.21. The molecule has 3 heteroatoms. The summed E-state index contributed by atoms with van der Waals surface area (Å²) in [6.07, 6.45) is 6.58. The van der Waals surface area contributed by atoms with Crippen molar-refractivity contribution in [2.24, 2.45) is 4.99 Å². The van der Waals surface area contributed by atoms with Gasteiger partial charge in [-0.15, -0.1) is 0 Å². The standard InChI is InChI=1S/C22H19NO2/c1-2-5-17(6-3-1)16-25-20-8-10-21-18(15-20)12-13-23-22(21)11-9-19-7-4-14-24-19/h1-11,14-15H,12-13,16H2/b11-9+. The Balaban J connectivity index is 1.50. The van der Waals surface area contributed by atoms with E-state index in [0.29, 0.717) is 6.61 Å². The van der Waals surface area contributed by atoms with Crippen LogP contribution in [0.3, 0.4) is 0 Å². The first-order chi connectivity index (χ1) is 12.4. The first kappa shape index (κ1) is 15.5. The summed E-state index contributed by atoms with van der Waals surface area (Å²) in [5.41, 5.74) is 4.61. The van der Waals surface area contributed by atoms with Gasteiger partial charge >= 0.3 is 0 Å². The summed E-state index contributed by atoms with van der Waals surface area (Å²) >= 11 is 0. The van der Waals surface area contributed by atoms with Crippen LogP contribution in [0.4, 0.5) is 0 Å². The van der Waals surface area contributed by atoms with Crippen molar-refractivity contribution in [3.63, 3.8) is 0 Å². The SMILES string of the molecule is C(=C\c1ccco1)/C1=NCCc2cc(OCc3ccccc3)ccc21. The average Bonchev–Trinajstić information content (AvgIpc) is 3.19. The zero-order chi connectivity index (χ0) is 16.9. The Morgan fingerprint density at radius 1 is 1.00 bits per heavy atom. The van der Waals surface area contributed by atoms with Gasteiger partial charge in [-0.1, -0.05) is 30.3 Å². The molecule has 3 aromatic rings. The number of rotatable bonds is 5. The molecule has 1 aromatic heterocycles. The molecule has 2 heterocycles. The summed E-state index contributed by atoms with van der Waals surface area (Å²) in [4.78, 5) is 4.64. The van der Waals surface area contributed by atoms with Gasteiger partial charge in [-0.2, -0.15) is 0 Å². The van der Waals surface area contributed by atoms with Gasteiger partial charge in [0.2, 0.25) is 0 Å². The Morgan fingerprint density at radius 3 is 2.76 bits per heavy atom. The third-order valence-corrected chi connectivity index (χ3v) is 4.21. The number of furan rings is 1. The van der Waals surface area contributed by atoms with Gasteiger partial charge in [-0.05, 0) is 60.0 Å². The number of ether oxygens (including phenoxy) is 1. The fraction of sp³-hybridized carbons (Fsp3) is 0.136. The highest BCUT2D eigenvalue weighted by Crippen LogP contribution is 2.24. The molecule has 0 bridgehead atoms. The maximum Gasteiger partial charge on any atom is 0.126 e. The average molecular weight is 329 g/mol. The molecule has 0 saturated carbocycles. The molecule has 124 valence electrons. The van der Waals surface area contributed by atoms with Crippen LogP contribution in [0.15, 0.2) is 82.4 Å². The molecule has 0 unspecified atom stereocenters. The van der Waals surface area contributed by atoms with Crippen LogP contribution < -0.4 is 4.74 Å². The van der Waals surface area contributed by atoms with Crippen LogP contribution in [0.25, 0.3) is 6.08 Å². The first-order valence-electron chi connectivity index (χ1n) is 8.44. The molecule has 4 rings (SSSR count). The van der Waals surface area contributed by atoms with Crippen molar-refractivity contribution in [3.8, 4) is 5.75 Å². The fourth-order valence-corrected chi connectivity index (χ4v) is 2.93. The minimum Gasteiger partial charge on any atom is -0.489 e. The highest BCUT2D eigenvalue weighted by atomic mass is 16.5. The normalized spacial score (nSPS) is 13.5. The molecule has 0 radical (unpaired) electrons. The van der Waals surface area contributed by atoms with E-state index >= 15 is 0 Å². The molecule has 0 spiro atoms. The number of hydrogen-bond donors (Lipinski definition) is 0. The molecule has 1 aliphatic rings. The van der Waals surface area contributed by atoms with Crippen LogP contribution in [-0.2, 0) is 13.0 Å². The monoisotopic (exact) mass is 329 g/mol. The van der Waals surface area contributed by atoms with Gasteiger partial charge in [-0.25, -0.2) is 0 Å². The van der Waals surface area contributed by atoms with Crippen molar-refractivity contribution in [3.05, 3.63) is 95.5 Å². The Kier molecular flexibility index (Phi) is 4.46. The topological polar surface area (TPSA) is 34.7 Å². The third kappa shape index (κ3) is 3.72. The van der Waals surface area contributed by atoms with Crippen molar-refractivity contribution >= 4 is 11.8 Å². The van der Waals surface area contributed by atoms with Crippen molar-refractivity contribution < 1.29 is 9.15 Å². The summed E-state index contributed by atoms with van der Waals surface area (Å²) in [5.74, 6) is 1.73. The molecule has 0 fully saturated rings. The second-order valence-electron chi connectivity index (χ2n) is 5.96. The lowest BCUT2D eigenvalue weighted by molar-refractivity contribution is 0.306. The van der Waals surface area contributed by atoms with E-state index in [2.05, 4.69) is 29.3 Å². The van der Waals surface area contributed by atoms with E-state index in [9.17, 15) is 0 Å². The highest BCUT2D eigenvalue weighted by Gasteiger charge is 2.13. The highest BCUT2D eigenvalue weighted by molar-refractivity contribution is 6.12. The largest absolute Gasteiger partial charge is 0.489 e. The number of hydrogen-bond acceptors (Lipinski definition) is 3. The molecule has 25 heavy (non-hydrogen) atoms. The number of benzene rings is 2. The molecule has 3 nitrogen and oxygen atoms in total. The van der Waals surface area contributed by atoms with Gasteiger partial charge in [-0.3, -0.25) is 4.99 Å². The van der Waals surface area contributed by atoms with Crippen LogP contribution in [0.2, 0.25) is 0 Å². The van der Waals surface area contributed by atoms with Gasteiger partial charge < -0.3 is 9.15 Å². The molecular formula is C22H19NO2. The van der Waals surface area contributed by atoms with E-state index in [1.54, 1.807) is 6.26 Å². The summed E-state index contributed by atoms with van der Waals surface area (Å²) in [7, 11) is 0. The predicted octanol–water partition coefficient (Wildman–Crippen LogP) is 4.92.